The minimum atomic E-state index is -1.32. The molecule has 2 bridgehead atoms. The van der Waals surface area contributed by atoms with E-state index in [9.17, 15) is 19.8 Å². The molecule has 38 heavy (non-hydrogen) atoms. The van der Waals surface area contributed by atoms with Crippen LogP contribution in [0.5, 0.6) is 11.5 Å². The van der Waals surface area contributed by atoms with Gasteiger partial charge in [0.05, 0.1) is 24.5 Å². The van der Waals surface area contributed by atoms with Crippen LogP contribution >= 0.6 is 0 Å². The first-order valence-electron chi connectivity index (χ1n) is 13.0. The molecule has 4 aliphatic rings. The molecule has 1 amide bonds. The molecule has 9 heteroatoms. The maximum absolute atomic E-state index is 12.9. The number of hydrogen-bond donors (Lipinski definition) is 3. The monoisotopic (exact) mass is 520 g/mol. The number of nitrogens with one attached hydrogen (secondary N) is 1. The lowest BCUT2D eigenvalue weighted by atomic mass is 9.50. The highest BCUT2D eigenvalue weighted by molar-refractivity contribution is 5.82. The number of aliphatic hydroxyl groups excluding tert-OH is 1. The van der Waals surface area contributed by atoms with E-state index in [1.165, 1.54) is 0 Å². The van der Waals surface area contributed by atoms with Gasteiger partial charge in [0.2, 0.25) is 0 Å². The first-order chi connectivity index (χ1) is 18.3. The Hall–Kier alpha value is -3.40. The molecule has 2 aliphatic heterocycles. The second-order valence-corrected chi connectivity index (χ2v) is 10.6. The minimum Gasteiger partial charge on any atom is -0.493 e. The number of rotatable bonds is 7. The van der Waals surface area contributed by atoms with Crippen molar-refractivity contribution in [3.63, 3.8) is 0 Å². The predicted molar refractivity (Wildman–Crippen MR) is 137 cm³/mol. The van der Waals surface area contributed by atoms with Crippen LogP contribution in [0.15, 0.2) is 54.3 Å². The van der Waals surface area contributed by atoms with Crippen molar-refractivity contribution in [2.75, 3.05) is 27.2 Å². The number of piperidine rings is 1. The number of carbonyl (C=O) groups excluding carboxylic acids is 2. The number of ether oxygens (including phenoxy) is 3. The molecule has 2 heterocycles. The maximum atomic E-state index is 12.9. The summed E-state index contributed by atoms with van der Waals surface area (Å²) in [6, 6.07) is 12.4. The molecule has 5 atom stereocenters. The van der Waals surface area contributed by atoms with Crippen LogP contribution in [0.4, 0.5) is 0 Å². The van der Waals surface area contributed by atoms with Crippen molar-refractivity contribution in [2.45, 2.75) is 54.9 Å². The molecule has 2 aliphatic carbocycles. The van der Waals surface area contributed by atoms with Gasteiger partial charge in [-0.3, -0.25) is 9.59 Å². The van der Waals surface area contributed by atoms with Gasteiger partial charge in [-0.2, -0.15) is 0 Å². The SMILES string of the molecule is COc1ccc2c3c1O[C@@H]1C(OC(=O)CCNC(=O)[C@H](O)c4ccccc4)=CC[C@]4(O)[C@H](C2)N(C)CC[C@@]314. The number of benzene rings is 2. The molecule has 0 unspecified atom stereocenters. The molecule has 0 radical (unpaired) electrons. The van der Waals surface area contributed by atoms with Crippen molar-refractivity contribution in [2.24, 2.45) is 0 Å². The summed E-state index contributed by atoms with van der Waals surface area (Å²) in [6.45, 7) is 0.792. The smallest absolute Gasteiger partial charge is 0.312 e. The van der Waals surface area contributed by atoms with Gasteiger partial charge in [-0.05, 0) is 49.7 Å². The number of esters is 1. The first-order valence-corrected chi connectivity index (χ1v) is 13.0. The van der Waals surface area contributed by atoms with Crippen LogP contribution < -0.4 is 14.8 Å². The summed E-state index contributed by atoms with van der Waals surface area (Å²) in [5.41, 5.74) is 0.741. The van der Waals surface area contributed by atoms with E-state index in [0.717, 1.165) is 17.7 Å². The Kier molecular flexibility index (Phi) is 5.97. The van der Waals surface area contributed by atoms with Gasteiger partial charge < -0.3 is 34.6 Å². The Labute approximate surface area is 221 Å². The number of amides is 1. The number of hydrogen-bond acceptors (Lipinski definition) is 8. The van der Waals surface area contributed by atoms with Crippen molar-refractivity contribution in [1.82, 2.24) is 10.2 Å². The third kappa shape index (κ3) is 3.49. The van der Waals surface area contributed by atoms with Crippen LogP contribution in [-0.2, 0) is 26.2 Å². The highest BCUT2D eigenvalue weighted by Crippen LogP contribution is 2.65. The predicted octanol–water partition coefficient (Wildman–Crippen LogP) is 1.76. The molecule has 2 aromatic carbocycles. The number of likely N-dealkylation sites (N-methyl/N-ethyl adjacent to an activating group) is 1. The van der Waals surface area contributed by atoms with Gasteiger partial charge >= 0.3 is 5.97 Å². The molecule has 3 N–H and O–H groups in total. The highest BCUT2D eigenvalue weighted by Gasteiger charge is 2.72. The lowest BCUT2D eigenvalue weighted by Gasteiger charge is -2.61. The number of nitrogens with zero attached hydrogens (tertiary/aromatic N) is 1. The van der Waals surface area contributed by atoms with Gasteiger partial charge in [-0.1, -0.05) is 36.4 Å². The van der Waals surface area contributed by atoms with Crippen LogP contribution in [-0.4, -0.2) is 72.0 Å². The zero-order valence-corrected chi connectivity index (χ0v) is 21.5. The van der Waals surface area contributed by atoms with Crippen LogP contribution in [0.2, 0.25) is 0 Å². The quantitative estimate of drug-likeness (QED) is 0.473. The van der Waals surface area contributed by atoms with Gasteiger partial charge in [0, 0.05) is 24.6 Å². The topological polar surface area (TPSA) is 118 Å². The summed E-state index contributed by atoms with van der Waals surface area (Å²) in [5.74, 6) is 0.475. The molecule has 1 fully saturated rings. The van der Waals surface area contributed by atoms with E-state index in [1.54, 1.807) is 43.5 Å². The third-order valence-corrected chi connectivity index (χ3v) is 8.78. The van der Waals surface area contributed by atoms with Gasteiger partial charge in [0.25, 0.3) is 5.91 Å². The van der Waals surface area contributed by atoms with Crippen LogP contribution in [0.3, 0.4) is 0 Å². The molecule has 0 saturated carbocycles. The Morgan fingerprint density at radius 1 is 1.24 bits per heavy atom. The fraction of sp³-hybridized carbons (Fsp3) is 0.448. The van der Waals surface area contributed by atoms with Crippen molar-refractivity contribution in [3.05, 3.63) is 71.0 Å². The Bertz CT molecular complexity index is 1310. The van der Waals surface area contributed by atoms with E-state index in [1.807, 2.05) is 19.2 Å². The molecule has 6 rings (SSSR count). The van der Waals surface area contributed by atoms with Crippen LogP contribution in [0, 0.1) is 0 Å². The Morgan fingerprint density at radius 3 is 2.79 bits per heavy atom. The first kappa shape index (κ1) is 24.9. The summed E-state index contributed by atoms with van der Waals surface area (Å²) in [4.78, 5) is 27.4. The van der Waals surface area contributed by atoms with Crippen molar-refractivity contribution >= 4 is 11.9 Å². The van der Waals surface area contributed by atoms with E-state index in [4.69, 9.17) is 14.2 Å². The van der Waals surface area contributed by atoms with Crippen molar-refractivity contribution in [1.29, 1.82) is 0 Å². The van der Waals surface area contributed by atoms with Crippen molar-refractivity contribution in [3.8, 4) is 11.5 Å². The van der Waals surface area contributed by atoms with E-state index in [0.29, 0.717) is 42.1 Å². The number of aliphatic hydroxyl groups is 2. The number of carbonyl (C=O) groups is 2. The molecule has 1 spiro atoms. The van der Waals surface area contributed by atoms with E-state index in [-0.39, 0.29) is 19.0 Å². The average Bonchev–Trinajstić information content (AvgIpc) is 3.28. The van der Waals surface area contributed by atoms with Crippen LogP contribution in [0.25, 0.3) is 0 Å². The maximum Gasteiger partial charge on any atom is 0.312 e. The summed E-state index contributed by atoms with van der Waals surface area (Å²) in [7, 11) is 3.63. The largest absolute Gasteiger partial charge is 0.493 e. The summed E-state index contributed by atoms with van der Waals surface area (Å²) >= 11 is 0. The fourth-order valence-electron chi connectivity index (χ4n) is 6.94. The summed E-state index contributed by atoms with van der Waals surface area (Å²) in [5, 5.41) is 25.1. The van der Waals surface area contributed by atoms with E-state index < -0.39 is 35.1 Å². The second-order valence-electron chi connectivity index (χ2n) is 10.6. The molecular formula is C29H32N2O7. The van der Waals surface area contributed by atoms with Gasteiger partial charge in [-0.25, -0.2) is 0 Å². The summed E-state index contributed by atoms with van der Waals surface area (Å²) < 4.78 is 17.9. The number of methoxy groups -OCH3 is 1. The molecule has 9 nitrogen and oxygen atoms in total. The fourth-order valence-corrected chi connectivity index (χ4v) is 6.94. The van der Waals surface area contributed by atoms with E-state index in [2.05, 4.69) is 10.2 Å². The molecule has 0 aromatic heterocycles. The van der Waals surface area contributed by atoms with Crippen LogP contribution in [0.1, 0.15) is 42.1 Å². The molecule has 200 valence electrons. The lowest BCUT2D eigenvalue weighted by molar-refractivity contribution is -0.169. The van der Waals surface area contributed by atoms with Gasteiger partial charge in [-0.15, -0.1) is 0 Å². The third-order valence-electron chi connectivity index (χ3n) is 8.78. The minimum absolute atomic E-state index is 0.0144. The molecular weight excluding hydrogens is 488 g/mol. The lowest BCUT2D eigenvalue weighted by Crippen LogP contribution is -2.74. The second kappa shape index (κ2) is 9.11. The standard InChI is InChI=1S/C29H32N2O7/c1-31-15-13-28-23-18-8-9-19(36-2)25(23)38-26(28)20(10-12-29(28,35)21(31)16-18)37-22(32)11-14-30-27(34)24(33)17-6-4-3-5-7-17/h3-10,21,24,26,33,35H,11-16H2,1-2H3,(H,30,34)/t21-,24+,26+,28+,29-/m0/s1. The Balaban J connectivity index is 1.20. The normalized spacial score (nSPS) is 29.4. The molecule has 1 saturated heterocycles. The van der Waals surface area contributed by atoms with Gasteiger partial charge in [0.1, 0.15) is 5.76 Å². The highest BCUT2D eigenvalue weighted by atomic mass is 16.6. The van der Waals surface area contributed by atoms with E-state index >= 15 is 0 Å². The zero-order valence-electron chi connectivity index (χ0n) is 21.5. The number of likely N-dealkylation sites (tertiary alicyclic amines) is 1. The average molecular weight is 521 g/mol. The van der Waals surface area contributed by atoms with Gasteiger partial charge in [0.15, 0.2) is 23.7 Å². The Morgan fingerprint density at radius 2 is 2.03 bits per heavy atom. The summed E-state index contributed by atoms with van der Waals surface area (Å²) in [6.07, 6.45) is 1.39. The molecule has 2 aromatic rings. The van der Waals surface area contributed by atoms with Crippen molar-refractivity contribution < 1.29 is 34.0 Å². The zero-order chi connectivity index (χ0) is 26.7.